The lowest BCUT2D eigenvalue weighted by Crippen LogP contribution is -2.42. The molecule has 0 saturated heterocycles. The molecule has 2 aromatic rings. The monoisotopic (exact) mass is 402 g/mol. The van der Waals surface area contributed by atoms with Crippen LogP contribution in [0.3, 0.4) is 0 Å². The number of hydrogen-bond acceptors (Lipinski definition) is 4. The first-order chi connectivity index (χ1) is 14.0. The quantitative estimate of drug-likeness (QED) is 0.627. The first-order valence-corrected chi connectivity index (χ1v) is 9.66. The van der Waals surface area contributed by atoms with Crippen LogP contribution in [0.15, 0.2) is 48.5 Å². The van der Waals surface area contributed by atoms with Crippen molar-refractivity contribution in [2.45, 2.75) is 26.8 Å². The number of nitrogens with one attached hydrogen (secondary N) is 1. The molecule has 0 aliphatic rings. The van der Waals surface area contributed by atoms with Crippen molar-refractivity contribution in [2.24, 2.45) is 0 Å². The number of ether oxygens (including phenoxy) is 2. The van der Waals surface area contributed by atoms with Crippen LogP contribution in [0.4, 0.5) is 4.39 Å². The zero-order valence-electron chi connectivity index (χ0n) is 16.8. The van der Waals surface area contributed by atoms with E-state index >= 15 is 0 Å². The summed E-state index contributed by atoms with van der Waals surface area (Å²) < 4.78 is 23.9. The van der Waals surface area contributed by atoms with Crippen molar-refractivity contribution in [3.63, 3.8) is 0 Å². The predicted octanol–water partition coefficient (Wildman–Crippen LogP) is 3.16. The number of amides is 2. The SMILES string of the molecule is CCCOc1ccc(OCC(=O)N(CC)CC(=O)NCc2ccc(F)cc2)cc1. The number of carbonyl (C=O) groups excluding carboxylic acids is 2. The molecule has 2 aromatic carbocycles. The van der Waals surface area contributed by atoms with Gasteiger partial charge in [-0.25, -0.2) is 4.39 Å². The van der Waals surface area contributed by atoms with E-state index in [9.17, 15) is 14.0 Å². The van der Waals surface area contributed by atoms with Crippen molar-refractivity contribution in [3.05, 3.63) is 59.9 Å². The summed E-state index contributed by atoms with van der Waals surface area (Å²) in [6.07, 6.45) is 0.928. The van der Waals surface area contributed by atoms with Gasteiger partial charge in [-0.1, -0.05) is 19.1 Å². The van der Waals surface area contributed by atoms with E-state index < -0.39 is 0 Å². The maximum Gasteiger partial charge on any atom is 0.260 e. The molecular weight excluding hydrogens is 375 g/mol. The van der Waals surface area contributed by atoms with E-state index in [-0.39, 0.29) is 37.3 Å². The molecule has 29 heavy (non-hydrogen) atoms. The Kier molecular flexibility index (Phi) is 8.95. The van der Waals surface area contributed by atoms with E-state index in [1.807, 2.05) is 6.92 Å². The summed E-state index contributed by atoms with van der Waals surface area (Å²) in [5, 5.41) is 2.72. The summed E-state index contributed by atoms with van der Waals surface area (Å²) in [6.45, 7) is 4.91. The Morgan fingerprint density at radius 2 is 1.59 bits per heavy atom. The lowest BCUT2D eigenvalue weighted by molar-refractivity contribution is -0.137. The molecule has 7 heteroatoms. The Morgan fingerprint density at radius 3 is 2.17 bits per heavy atom. The van der Waals surface area contributed by atoms with Gasteiger partial charge in [0.2, 0.25) is 5.91 Å². The maximum absolute atomic E-state index is 12.9. The standard InChI is InChI=1S/C22H27FN2O4/c1-3-13-28-19-9-11-20(12-10-19)29-16-22(27)25(4-2)15-21(26)24-14-17-5-7-18(23)8-6-17/h5-12H,3-4,13-16H2,1-2H3,(H,24,26). The molecule has 0 aliphatic heterocycles. The number of hydrogen-bond donors (Lipinski definition) is 1. The lowest BCUT2D eigenvalue weighted by atomic mass is 10.2. The fraction of sp³-hybridized carbons (Fsp3) is 0.364. The Morgan fingerprint density at radius 1 is 0.966 bits per heavy atom. The largest absolute Gasteiger partial charge is 0.494 e. The highest BCUT2D eigenvalue weighted by Crippen LogP contribution is 2.17. The highest BCUT2D eigenvalue weighted by Gasteiger charge is 2.16. The molecule has 1 N–H and O–H groups in total. The molecule has 0 fully saturated rings. The van der Waals surface area contributed by atoms with Crippen molar-refractivity contribution in [2.75, 3.05) is 26.3 Å². The van der Waals surface area contributed by atoms with Crippen LogP contribution in [0, 0.1) is 5.82 Å². The van der Waals surface area contributed by atoms with Gasteiger partial charge in [-0.15, -0.1) is 0 Å². The van der Waals surface area contributed by atoms with Gasteiger partial charge in [0, 0.05) is 13.1 Å². The topological polar surface area (TPSA) is 67.9 Å². The number of nitrogens with zero attached hydrogens (tertiary/aromatic N) is 1. The molecule has 0 radical (unpaired) electrons. The van der Waals surface area contributed by atoms with Gasteiger partial charge in [0.25, 0.3) is 5.91 Å². The van der Waals surface area contributed by atoms with E-state index in [1.54, 1.807) is 43.3 Å². The third kappa shape index (κ3) is 7.81. The number of carbonyl (C=O) groups is 2. The molecule has 0 bridgehead atoms. The van der Waals surface area contributed by atoms with Crippen LogP contribution in [0.2, 0.25) is 0 Å². The Bertz CT molecular complexity index is 778. The second kappa shape index (κ2) is 11.7. The average Bonchev–Trinajstić information content (AvgIpc) is 2.74. The van der Waals surface area contributed by atoms with Gasteiger partial charge in [-0.2, -0.15) is 0 Å². The summed E-state index contributed by atoms with van der Waals surface area (Å²) in [5.74, 6) is 0.404. The zero-order valence-corrected chi connectivity index (χ0v) is 16.8. The van der Waals surface area contributed by atoms with Gasteiger partial charge in [0.1, 0.15) is 17.3 Å². The highest BCUT2D eigenvalue weighted by molar-refractivity contribution is 5.85. The van der Waals surface area contributed by atoms with Crippen molar-refractivity contribution >= 4 is 11.8 Å². The third-order valence-corrected chi connectivity index (χ3v) is 4.13. The van der Waals surface area contributed by atoms with Gasteiger partial charge in [-0.05, 0) is 55.3 Å². The third-order valence-electron chi connectivity index (χ3n) is 4.13. The van der Waals surface area contributed by atoms with E-state index in [4.69, 9.17) is 9.47 Å². The minimum atomic E-state index is -0.328. The van der Waals surface area contributed by atoms with Crippen LogP contribution in [0.1, 0.15) is 25.8 Å². The average molecular weight is 402 g/mol. The van der Waals surface area contributed by atoms with Crippen LogP contribution in [0.25, 0.3) is 0 Å². The highest BCUT2D eigenvalue weighted by atomic mass is 19.1. The summed E-state index contributed by atoms with van der Waals surface area (Å²) >= 11 is 0. The first-order valence-electron chi connectivity index (χ1n) is 9.66. The molecule has 2 amide bonds. The maximum atomic E-state index is 12.9. The van der Waals surface area contributed by atoms with Crippen molar-refractivity contribution in [3.8, 4) is 11.5 Å². The van der Waals surface area contributed by atoms with Gasteiger partial charge in [0.15, 0.2) is 6.61 Å². The Balaban J connectivity index is 1.77. The molecular formula is C22H27FN2O4. The zero-order chi connectivity index (χ0) is 21.1. The fourth-order valence-corrected chi connectivity index (χ4v) is 2.50. The molecule has 0 saturated carbocycles. The molecule has 0 atom stereocenters. The molecule has 0 aliphatic carbocycles. The van der Waals surface area contributed by atoms with E-state index in [0.717, 1.165) is 17.7 Å². The number of likely N-dealkylation sites (N-methyl/N-ethyl adjacent to an activating group) is 1. The van der Waals surface area contributed by atoms with Crippen molar-refractivity contribution in [1.82, 2.24) is 10.2 Å². The summed E-state index contributed by atoms with van der Waals surface area (Å²) in [7, 11) is 0. The first kappa shape index (κ1) is 22.2. The molecule has 156 valence electrons. The van der Waals surface area contributed by atoms with Gasteiger partial charge in [0.05, 0.1) is 13.2 Å². The van der Waals surface area contributed by atoms with Crippen LogP contribution in [0.5, 0.6) is 11.5 Å². The number of halogens is 1. The molecule has 0 spiro atoms. The minimum Gasteiger partial charge on any atom is -0.494 e. The van der Waals surface area contributed by atoms with Crippen LogP contribution >= 0.6 is 0 Å². The molecule has 0 heterocycles. The van der Waals surface area contributed by atoms with Crippen molar-refractivity contribution < 1.29 is 23.5 Å². The second-order valence-corrected chi connectivity index (χ2v) is 6.42. The minimum absolute atomic E-state index is 0.0658. The second-order valence-electron chi connectivity index (χ2n) is 6.42. The number of rotatable bonds is 11. The predicted molar refractivity (Wildman–Crippen MR) is 108 cm³/mol. The van der Waals surface area contributed by atoms with E-state index in [0.29, 0.717) is 18.9 Å². The van der Waals surface area contributed by atoms with Gasteiger partial charge < -0.3 is 19.7 Å². The molecule has 2 rings (SSSR count). The Hall–Kier alpha value is -3.09. The molecule has 6 nitrogen and oxygen atoms in total. The molecule has 0 aromatic heterocycles. The summed E-state index contributed by atoms with van der Waals surface area (Å²) in [4.78, 5) is 25.9. The normalized spacial score (nSPS) is 10.3. The van der Waals surface area contributed by atoms with Crippen LogP contribution in [-0.4, -0.2) is 43.0 Å². The smallest absolute Gasteiger partial charge is 0.260 e. The summed E-state index contributed by atoms with van der Waals surface area (Å²) in [6, 6.07) is 12.9. The summed E-state index contributed by atoms with van der Waals surface area (Å²) in [5.41, 5.74) is 0.781. The van der Waals surface area contributed by atoms with Gasteiger partial charge in [-0.3, -0.25) is 9.59 Å². The van der Waals surface area contributed by atoms with Crippen LogP contribution < -0.4 is 14.8 Å². The number of benzene rings is 2. The Labute approximate surface area is 170 Å². The molecule has 0 unspecified atom stereocenters. The van der Waals surface area contributed by atoms with E-state index in [2.05, 4.69) is 5.32 Å². The van der Waals surface area contributed by atoms with Crippen molar-refractivity contribution in [1.29, 1.82) is 0 Å². The fourth-order valence-electron chi connectivity index (χ4n) is 2.50. The van der Waals surface area contributed by atoms with E-state index in [1.165, 1.54) is 17.0 Å². The van der Waals surface area contributed by atoms with Gasteiger partial charge >= 0.3 is 0 Å². The lowest BCUT2D eigenvalue weighted by Gasteiger charge is -2.20. The van der Waals surface area contributed by atoms with Crippen LogP contribution in [-0.2, 0) is 16.1 Å².